The van der Waals surface area contributed by atoms with Crippen LogP contribution in [0.1, 0.15) is 12.5 Å². The summed E-state index contributed by atoms with van der Waals surface area (Å²) in [6.45, 7) is 4.95. The van der Waals surface area contributed by atoms with E-state index in [-0.39, 0.29) is 11.7 Å². The molecule has 0 heterocycles. The SMILES string of the molecule is C=C(C)C(=O)OC.O=C(O)C=CC=Cc1ccc(O)cc1. The summed E-state index contributed by atoms with van der Waals surface area (Å²) < 4.78 is 4.27. The fraction of sp³-hybridized carbons (Fsp3) is 0.125. The average molecular weight is 290 g/mol. The van der Waals surface area contributed by atoms with Gasteiger partial charge in [0.15, 0.2) is 0 Å². The van der Waals surface area contributed by atoms with Gasteiger partial charge in [0, 0.05) is 11.6 Å². The lowest BCUT2D eigenvalue weighted by Crippen LogP contribution is -1.98. The van der Waals surface area contributed by atoms with Gasteiger partial charge in [0.2, 0.25) is 0 Å². The second-order valence-electron chi connectivity index (χ2n) is 3.92. The van der Waals surface area contributed by atoms with Crippen molar-refractivity contribution >= 4 is 18.0 Å². The van der Waals surface area contributed by atoms with Gasteiger partial charge in [-0.15, -0.1) is 0 Å². The number of phenols is 1. The Bertz CT molecular complexity index is 538. The summed E-state index contributed by atoms with van der Waals surface area (Å²) in [7, 11) is 1.33. The predicted octanol–water partition coefficient (Wildman–Crippen LogP) is 2.78. The number of carbonyl (C=O) groups excluding carboxylic acids is 1. The molecule has 0 bridgehead atoms. The summed E-state index contributed by atoms with van der Waals surface area (Å²) in [5, 5.41) is 17.3. The molecule has 21 heavy (non-hydrogen) atoms. The van der Waals surface area contributed by atoms with Crippen molar-refractivity contribution in [3.8, 4) is 5.75 Å². The molecule has 0 atom stereocenters. The van der Waals surface area contributed by atoms with Gasteiger partial charge >= 0.3 is 11.9 Å². The normalized spacial score (nSPS) is 10.0. The van der Waals surface area contributed by atoms with Crippen LogP contribution in [0.15, 0.2) is 54.6 Å². The van der Waals surface area contributed by atoms with Crippen molar-refractivity contribution in [1.82, 2.24) is 0 Å². The minimum absolute atomic E-state index is 0.211. The van der Waals surface area contributed by atoms with Gasteiger partial charge in [0.05, 0.1) is 7.11 Å². The molecule has 0 radical (unpaired) electrons. The van der Waals surface area contributed by atoms with Crippen LogP contribution >= 0.6 is 0 Å². The van der Waals surface area contributed by atoms with Crippen molar-refractivity contribution in [2.24, 2.45) is 0 Å². The number of rotatable bonds is 4. The molecule has 0 aliphatic heterocycles. The van der Waals surface area contributed by atoms with Crippen LogP contribution in [0.3, 0.4) is 0 Å². The molecule has 0 saturated carbocycles. The molecule has 0 amide bonds. The van der Waals surface area contributed by atoms with E-state index >= 15 is 0 Å². The van der Waals surface area contributed by atoms with E-state index in [1.165, 1.54) is 13.2 Å². The van der Waals surface area contributed by atoms with E-state index in [1.807, 2.05) is 0 Å². The van der Waals surface area contributed by atoms with Crippen molar-refractivity contribution in [2.75, 3.05) is 7.11 Å². The molecule has 1 aromatic rings. The number of ether oxygens (including phenoxy) is 1. The van der Waals surface area contributed by atoms with Crippen molar-refractivity contribution in [2.45, 2.75) is 6.92 Å². The highest BCUT2D eigenvalue weighted by atomic mass is 16.5. The average Bonchev–Trinajstić information content (AvgIpc) is 2.45. The lowest BCUT2D eigenvalue weighted by molar-refractivity contribution is -0.136. The molecule has 0 spiro atoms. The van der Waals surface area contributed by atoms with Gasteiger partial charge in [-0.2, -0.15) is 0 Å². The molecule has 0 fully saturated rings. The van der Waals surface area contributed by atoms with E-state index in [4.69, 9.17) is 10.2 Å². The molecule has 5 nitrogen and oxygen atoms in total. The standard InChI is InChI=1S/C11H10O3.C5H8O2/c12-10-7-5-9(6-8-10)3-1-2-4-11(13)14;1-4(2)5(6)7-3/h1-8,12H,(H,13,14);1H2,2-3H3. The molecular formula is C16H18O5. The quantitative estimate of drug-likeness (QED) is 0.506. The minimum Gasteiger partial charge on any atom is -0.508 e. The maximum Gasteiger partial charge on any atom is 0.332 e. The summed E-state index contributed by atoms with van der Waals surface area (Å²) in [6.07, 6.45) is 5.87. The number of benzene rings is 1. The van der Waals surface area contributed by atoms with E-state index in [0.29, 0.717) is 5.57 Å². The number of aliphatic carboxylic acids is 1. The van der Waals surface area contributed by atoms with Crippen LogP contribution in [0.25, 0.3) is 6.08 Å². The Kier molecular flexibility index (Phi) is 8.68. The van der Waals surface area contributed by atoms with Crippen molar-refractivity contribution in [1.29, 1.82) is 0 Å². The fourth-order valence-corrected chi connectivity index (χ4v) is 1.06. The van der Waals surface area contributed by atoms with Crippen molar-refractivity contribution < 1.29 is 24.5 Å². The van der Waals surface area contributed by atoms with Gasteiger partial charge in [-0.1, -0.05) is 36.9 Å². The zero-order chi connectivity index (χ0) is 16.3. The monoisotopic (exact) mass is 290 g/mol. The van der Waals surface area contributed by atoms with E-state index in [1.54, 1.807) is 43.3 Å². The predicted molar refractivity (Wildman–Crippen MR) is 80.7 cm³/mol. The van der Waals surface area contributed by atoms with Crippen LogP contribution in [0.5, 0.6) is 5.75 Å². The number of carboxylic acid groups (broad SMARTS) is 1. The highest BCUT2D eigenvalue weighted by Gasteiger charge is 1.95. The van der Waals surface area contributed by atoms with Crippen LogP contribution in [0, 0.1) is 0 Å². The number of carboxylic acids is 1. The Hall–Kier alpha value is -2.82. The summed E-state index contributed by atoms with van der Waals surface area (Å²) >= 11 is 0. The first kappa shape index (κ1) is 18.2. The second kappa shape index (κ2) is 10.0. The maximum absolute atomic E-state index is 10.2. The number of aromatic hydroxyl groups is 1. The molecule has 1 aromatic carbocycles. The van der Waals surface area contributed by atoms with Crippen molar-refractivity contribution in [3.63, 3.8) is 0 Å². The molecule has 0 aliphatic carbocycles. The topological polar surface area (TPSA) is 83.8 Å². The van der Waals surface area contributed by atoms with E-state index < -0.39 is 5.97 Å². The largest absolute Gasteiger partial charge is 0.508 e. The zero-order valence-corrected chi connectivity index (χ0v) is 11.9. The van der Waals surface area contributed by atoms with Crippen LogP contribution in [-0.4, -0.2) is 29.3 Å². The third-order valence-corrected chi connectivity index (χ3v) is 2.07. The van der Waals surface area contributed by atoms with Gasteiger partial charge in [-0.25, -0.2) is 9.59 Å². The molecule has 0 saturated heterocycles. The minimum atomic E-state index is -0.972. The van der Waals surface area contributed by atoms with Gasteiger partial charge in [-0.3, -0.25) is 0 Å². The highest BCUT2D eigenvalue weighted by Crippen LogP contribution is 2.10. The third-order valence-electron chi connectivity index (χ3n) is 2.07. The van der Waals surface area contributed by atoms with Gasteiger partial charge < -0.3 is 14.9 Å². The summed E-state index contributed by atoms with van der Waals surface area (Å²) in [5.74, 6) is -1.11. The first-order valence-electron chi connectivity index (χ1n) is 5.97. The first-order chi connectivity index (χ1) is 9.86. The third kappa shape index (κ3) is 9.72. The molecule has 5 heteroatoms. The smallest absolute Gasteiger partial charge is 0.332 e. The van der Waals surface area contributed by atoms with E-state index in [0.717, 1.165) is 11.6 Å². The van der Waals surface area contributed by atoms with E-state index in [9.17, 15) is 9.59 Å². The number of methoxy groups -OCH3 is 1. The number of hydrogen-bond donors (Lipinski definition) is 2. The fourth-order valence-electron chi connectivity index (χ4n) is 1.06. The molecule has 112 valence electrons. The highest BCUT2D eigenvalue weighted by molar-refractivity contribution is 5.86. The summed E-state index contributed by atoms with van der Waals surface area (Å²) in [6, 6.07) is 6.61. The lowest BCUT2D eigenvalue weighted by Gasteiger charge is -1.92. The Balaban J connectivity index is 0.000000486. The first-order valence-corrected chi connectivity index (χ1v) is 5.97. The van der Waals surface area contributed by atoms with Gasteiger partial charge in [-0.05, 0) is 24.6 Å². The molecule has 0 aromatic heterocycles. The molecule has 0 aliphatic rings. The van der Waals surface area contributed by atoms with Gasteiger partial charge in [0.25, 0.3) is 0 Å². The molecule has 2 N–H and O–H groups in total. The van der Waals surface area contributed by atoms with Crippen molar-refractivity contribution in [3.05, 3.63) is 60.2 Å². The van der Waals surface area contributed by atoms with Crippen LogP contribution in [-0.2, 0) is 14.3 Å². The number of hydrogen-bond acceptors (Lipinski definition) is 4. The zero-order valence-electron chi connectivity index (χ0n) is 11.9. The number of esters is 1. The summed E-state index contributed by atoms with van der Waals surface area (Å²) in [4.78, 5) is 20.3. The number of allylic oxidation sites excluding steroid dienone is 2. The molecule has 1 rings (SSSR count). The Morgan fingerprint density at radius 3 is 2.14 bits per heavy atom. The Morgan fingerprint density at radius 1 is 1.19 bits per heavy atom. The number of phenolic OH excluding ortho intramolecular Hbond substituents is 1. The maximum atomic E-state index is 10.2. The van der Waals surface area contributed by atoms with Crippen LogP contribution in [0.4, 0.5) is 0 Å². The lowest BCUT2D eigenvalue weighted by atomic mass is 10.2. The summed E-state index contributed by atoms with van der Waals surface area (Å²) in [5.41, 5.74) is 1.33. The van der Waals surface area contributed by atoms with E-state index in [2.05, 4.69) is 11.3 Å². The second-order valence-corrected chi connectivity index (χ2v) is 3.92. The Labute approximate surface area is 123 Å². The molecular weight excluding hydrogens is 272 g/mol. The van der Waals surface area contributed by atoms with Crippen LogP contribution < -0.4 is 0 Å². The number of carbonyl (C=O) groups is 2. The van der Waals surface area contributed by atoms with Gasteiger partial charge in [0.1, 0.15) is 5.75 Å². The van der Waals surface area contributed by atoms with Crippen LogP contribution in [0.2, 0.25) is 0 Å². The molecule has 0 unspecified atom stereocenters. The Morgan fingerprint density at radius 2 is 1.76 bits per heavy atom.